The molecule has 0 bridgehead atoms. The molecular weight excluding hydrogens is 240 g/mol. The SMILES string of the molecule is Cl.NC/C=C(\F)COc1cccc(Cl)c1. The fraction of sp³-hybridized carbons (Fsp3) is 0.200. The van der Waals surface area contributed by atoms with Gasteiger partial charge in [-0.3, -0.25) is 0 Å². The van der Waals surface area contributed by atoms with Gasteiger partial charge in [0, 0.05) is 11.6 Å². The van der Waals surface area contributed by atoms with Crippen LogP contribution >= 0.6 is 24.0 Å². The Kier molecular flexibility index (Phi) is 7.13. The van der Waals surface area contributed by atoms with Crippen molar-refractivity contribution < 1.29 is 9.13 Å². The molecule has 84 valence electrons. The third-order valence-corrected chi connectivity index (χ3v) is 1.75. The van der Waals surface area contributed by atoms with Crippen LogP contribution in [0.15, 0.2) is 36.2 Å². The molecule has 0 unspecified atom stereocenters. The lowest BCUT2D eigenvalue weighted by atomic mass is 10.3. The van der Waals surface area contributed by atoms with Gasteiger partial charge in [-0.15, -0.1) is 12.4 Å². The highest BCUT2D eigenvalue weighted by molar-refractivity contribution is 6.30. The zero-order valence-corrected chi connectivity index (χ0v) is 9.52. The van der Waals surface area contributed by atoms with Crippen LogP contribution < -0.4 is 10.5 Å². The third-order valence-electron chi connectivity index (χ3n) is 1.51. The molecule has 0 amide bonds. The molecule has 0 saturated heterocycles. The van der Waals surface area contributed by atoms with Gasteiger partial charge in [-0.05, 0) is 24.3 Å². The molecule has 0 fully saturated rings. The maximum absolute atomic E-state index is 12.8. The number of benzene rings is 1. The predicted octanol–water partition coefficient (Wildman–Crippen LogP) is 2.95. The number of ether oxygens (including phenoxy) is 1. The summed E-state index contributed by atoms with van der Waals surface area (Å²) in [7, 11) is 0. The van der Waals surface area contributed by atoms with Crippen molar-refractivity contribution in [1.29, 1.82) is 0 Å². The summed E-state index contributed by atoms with van der Waals surface area (Å²) in [5.74, 6) is 0.158. The molecule has 0 aliphatic heterocycles. The number of hydrogen-bond acceptors (Lipinski definition) is 2. The summed E-state index contributed by atoms with van der Waals surface area (Å²) < 4.78 is 17.9. The number of halogens is 3. The topological polar surface area (TPSA) is 35.2 Å². The lowest BCUT2D eigenvalue weighted by molar-refractivity contribution is 0.318. The Labute approximate surface area is 99.3 Å². The first-order valence-corrected chi connectivity index (χ1v) is 4.53. The van der Waals surface area contributed by atoms with Crippen LogP contribution in [0.2, 0.25) is 5.02 Å². The molecule has 0 aliphatic carbocycles. The van der Waals surface area contributed by atoms with Crippen molar-refractivity contribution in [3.8, 4) is 5.75 Å². The van der Waals surface area contributed by atoms with E-state index in [-0.39, 0.29) is 31.4 Å². The summed E-state index contributed by atoms with van der Waals surface area (Å²) in [6, 6.07) is 6.79. The Morgan fingerprint density at radius 2 is 2.27 bits per heavy atom. The molecule has 2 N–H and O–H groups in total. The number of hydrogen-bond donors (Lipinski definition) is 1. The molecular formula is C10H12Cl2FNO. The van der Waals surface area contributed by atoms with E-state index in [1.165, 1.54) is 6.08 Å². The molecule has 0 radical (unpaired) electrons. The zero-order chi connectivity index (χ0) is 10.4. The van der Waals surface area contributed by atoms with E-state index in [1.54, 1.807) is 24.3 Å². The minimum absolute atomic E-state index is 0. The molecule has 0 saturated carbocycles. The Bertz CT molecular complexity index is 331. The van der Waals surface area contributed by atoms with Gasteiger partial charge in [0.2, 0.25) is 0 Å². The average Bonchev–Trinajstić information content (AvgIpc) is 2.15. The van der Waals surface area contributed by atoms with Crippen LogP contribution in [0.3, 0.4) is 0 Å². The molecule has 0 aromatic heterocycles. The highest BCUT2D eigenvalue weighted by Gasteiger charge is 1.97. The summed E-state index contributed by atoms with van der Waals surface area (Å²) in [5, 5.41) is 0.561. The van der Waals surface area contributed by atoms with E-state index in [0.717, 1.165) is 0 Å². The van der Waals surface area contributed by atoms with Crippen LogP contribution in [0.4, 0.5) is 4.39 Å². The Morgan fingerprint density at radius 3 is 2.87 bits per heavy atom. The first kappa shape index (κ1) is 14.2. The van der Waals surface area contributed by atoms with E-state index in [1.807, 2.05) is 0 Å². The second kappa shape index (κ2) is 7.51. The molecule has 1 rings (SSSR count). The van der Waals surface area contributed by atoms with Crippen molar-refractivity contribution in [2.45, 2.75) is 0 Å². The quantitative estimate of drug-likeness (QED) is 0.894. The number of rotatable bonds is 4. The Hall–Kier alpha value is -0.770. The van der Waals surface area contributed by atoms with Crippen molar-refractivity contribution in [3.05, 3.63) is 41.2 Å². The molecule has 1 aromatic rings. The maximum atomic E-state index is 12.8. The average molecular weight is 252 g/mol. The third kappa shape index (κ3) is 5.62. The molecule has 0 heterocycles. The normalized spacial score (nSPS) is 10.7. The highest BCUT2D eigenvalue weighted by Crippen LogP contribution is 2.17. The molecule has 0 spiro atoms. The summed E-state index contributed by atoms with van der Waals surface area (Å²) in [6.45, 7) is 0.0578. The smallest absolute Gasteiger partial charge is 0.139 e. The molecule has 1 aromatic carbocycles. The second-order valence-corrected chi connectivity index (χ2v) is 3.07. The van der Waals surface area contributed by atoms with Gasteiger partial charge in [0.05, 0.1) is 0 Å². The van der Waals surface area contributed by atoms with Crippen LogP contribution in [0.1, 0.15) is 0 Å². The van der Waals surface area contributed by atoms with Gasteiger partial charge >= 0.3 is 0 Å². The standard InChI is InChI=1S/C10H11ClFNO.ClH/c11-8-2-1-3-10(6-8)14-7-9(12)4-5-13;/h1-4,6H,5,7,13H2;1H/b9-4-;. The predicted molar refractivity (Wildman–Crippen MR) is 62.4 cm³/mol. The van der Waals surface area contributed by atoms with Gasteiger partial charge in [-0.1, -0.05) is 17.7 Å². The van der Waals surface area contributed by atoms with E-state index >= 15 is 0 Å². The van der Waals surface area contributed by atoms with Crippen LogP contribution in [-0.4, -0.2) is 13.2 Å². The fourth-order valence-corrected chi connectivity index (χ4v) is 1.08. The molecule has 0 aliphatic rings. The van der Waals surface area contributed by atoms with Crippen molar-refractivity contribution in [2.75, 3.05) is 13.2 Å². The van der Waals surface area contributed by atoms with Gasteiger partial charge < -0.3 is 10.5 Å². The highest BCUT2D eigenvalue weighted by atomic mass is 35.5. The zero-order valence-electron chi connectivity index (χ0n) is 7.95. The van der Waals surface area contributed by atoms with Gasteiger partial charge in [-0.2, -0.15) is 0 Å². The van der Waals surface area contributed by atoms with Crippen LogP contribution in [0, 0.1) is 0 Å². The van der Waals surface area contributed by atoms with Crippen molar-refractivity contribution in [1.82, 2.24) is 0 Å². The number of nitrogens with two attached hydrogens (primary N) is 1. The second-order valence-electron chi connectivity index (χ2n) is 2.63. The van der Waals surface area contributed by atoms with Gasteiger partial charge in [-0.25, -0.2) is 4.39 Å². The van der Waals surface area contributed by atoms with Gasteiger partial charge in [0.1, 0.15) is 18.2 Å². The van der Waals surface area contributed by atoms with E-state index in [2.05, 4.69) is 0 Å². The largest absolute Gasteiger partial charge is 0.486 e. The van der Waals surface area contributed by atoms with Gasteiger partial charge in [0.15, 0.2) is 0 Å². The van der Waals surface area contributed by atoms with Gasteiger partial charge in [0.25, 0.3) is 0 Å². The van der Waals surface area contributed by atoms with Crippen LogP contribution in [-0.2, 0) is 0 Å². The van der Waals surface area contributed by atoms with E-state index in [4.69, 9.17) is 22.1 Å². The van der Waals surface area contributed by atoms with E-state index in [9.17, 15) is 4.39 Å². The summed E-state index contributed by atoms with van der Waals surface area (Å²) in [4.78, 5) is 0. The lowest BCUT2D eigenvalue weighted by Crippen LogP contribution is -2.01. The summed E-state index contributed by atoms with van der Waals surface area (Å²) in [6.07, 6.45) is 1.27. The maximum Gasteiger partial charge on any atom is 0.139 e. The molecule has 15 heavy (non-hydrogen) atoms. The summed E-state index contributed by atoms with van der Waals surface area (Å²) >= 11 is 5.71. The Morgan fingerprint density at radius 1 is 1.53 bits per heavy atom. The fourth-order valence-electron chi connectivity index (χ4n) is 0.896. The van der Waals surface area contributed by atoms with E-state index < -0.39 is 0 Å². The van der Waals surface area contributed by atoms with Crippen LogP contribution in [0.25, 0.3) is 0 Å². The minimum Gasteiger partial charge on any atom is -0.486 e. The van der Waals surface area contributed by atoms with Crippen molar-refractivity contribution in [2.24, 2.45) is 5.73 Å². The minimum atomic E-state index is -0.382. The van der Waals surface area contributed by atoms with Crippen molar-refractivity contribution >= 4 is 24.0 Å². The lowest BCUT2D eigenvalue weighted by Gasteiger charge is -2.04. The van der Waals surface area contributed by atoms with Crippen LogP contribution in [0.5, 0.6) is 5.75 Å². The van der Waals surface area contributed by atoms with E-state index in [0.29, 0.717) is 10.8 Å². The molecule has 5 heteroatoms. The summed E-state index contributed by atoms with van der Waals surface area (Å²) in [5.41, 5.74) is 5.13. The first-order valence-electron chi connectivity index (χ1n) is 4.15. The monoisotopic (exact) mass is 251 g/mol. The molecule has 0 atom stereocenters. The molecule has 2 nitrogen and oxygen atoms in total. The Balaban J connectivity index is 0.00000196. The first-order chi connectivity index (χ1) is 6.72. The van der Waals surface area contributed by atoms with Crippen molar-refractivity contribution in [3.63, 3.8) is 0 Å².